The highest BCUT2D eigenvalue weighted by Gasteiger charge is 1.99. The molecule has 82 valence electrons. The van der Waals surface area contributed by atoms with Gasteiger partial charge in [0.1, 0.15) is 11.0 Å². The van der Waals surface area contributed by atoms with E-state index in [4.69, 9.17) is 17.3 Å². The molecule has 2 aromatic rings. The van der Waals surface area contributed by atoms with Gasteiger partial charge in [-0.2, -0.15) is 4.98 Å². The standard InChI is InChI=1S/C10H10ClN5/c11-8-5-9(16-10(12)15-8)14-6-7-1-3-13-4-2-7/h1-5H,6H2,(H3,12,14,15,16). The topological polar surface area (TPSA) is 76.7 Å². The lowest BCUT2D eigenvalue weighted by Crippen LogP contribution is -2.04. The largest absolute Gasteiger partial charge is 0.368 e. The van der Waals surface area contributed by atoms with Gasteiger partial charge in [-0.25, -0.2) is 4.98 Å². The number of rotatable bonds is 3. The van der Waals surface area contributed by atoms with E-state index in [1.54, 1.807) is 18.5 Å². The molecule has 0 radical (unpaired) electrons. The summed E-state index contributed by atoms with van der Waals surface area (Å²) in [7, 11) is 0. The van der Waals surface area contributed by atoms with Crippen molar-refractivity contribution in [2.45, 2.75) is 6.54 Å². The second-order valence-corrected chi connectivity index (χ2v) is 3.53. The van der Waals surface area contributed by atoms with Crippen LogP contribution in [0.25, 0.3) is 0 Å². The van der Waals surface area contributed by atoms with Gasteiger partial charge in [0.15, 0.2) is 0 Å². The molecule has 0 aromatic carbocycles. The minimum atomic E-state index is 0.157. The Morgan fingerprint density at radius 2 is 2.00 bits per heavy atom. The second-order valence-electron chi connectivity index (χ2n) is 3.14. The van der Waals surface area contributed by atoms with Crippen molar-refractivity contribution < 1.29 is 0 Å². The van der Waals surface area contributed by atoms with Gasteiger partial charge >= 0.3 is 0 Å². The first-order chi connectivity index (χ1) is 7.74. The van der Waals surface area contributed by atoms with Crippen LogP contribution in [0.2, 0.25) is 5.15 Å². The average Bonchev–Trinajstić information content (AvgIpc) is 2.27. The smallest absolute Gasteiger partial charge is 0.223 e. The Bertz CT molecular complexity index is 454. The van der Waals surface area contributed by atoms with Gasteiger partial charge in [-0.05, 0) is 17.7 Å². The summed E-state index contributed by atoms with van der Waals surface area (Å²) in [5.74, 6) is 0.763. The summed E-state index contributed by atoms with van der Waals surface area (Å²) in [6, 6.07) is 5.46. The lowest BCUT2D eigenvalue weighted by atomic mass is 10.3. The third-order valence-corrected chi connectivity index (χ3v) is 2.13. The molecule has 6 heteroatoms. The molecule has 3 N–H and O–H groups in total. The van der Waals surface area contributed by atoms with E-state index in [1.807, 2.05) is 12.1 Å². The molecule has 2 heterocycles. The minimum Gasteiger partial charge on any atom is -0.368 e. The summed E-state index contributed by atoms with van der Waals surface area (Å²) in [6.45, 7) is 0.634. The van der Waals surface area contributed by atoms with E-state index in [0.29, 0.717) is 17.5 Å². The normalized spacial score (nSPS) is 10.1. The molecule has 0 saturated carbocycles. The van der Waals surface area contributed by atoms with Crippen molar-refractivity contribution in [1.82, 2.24) is 15.0 Å². The predicted molar refractivity (Wildman–Crippen MR) is 63.0 cm³/mol. The fourth-order valence-corrected chi connectivity index (χ4v) is 1.41. The van der Waals surface area contributed by atoms with Gasteiger partial charge in [0.25, 0.3) is 0 Å². The monoisotopic (exact) mass is 235 g/mol. The van der Waals surface area contributed by atoms with E-state index in [2.05, 4.69) is 20.3 Å². The molecule has 2 aromatic heterocycles. The summed E-state index contributed by atoms with van der Waals surface area (Å²) < 4.78 is 0. The van der Waals surface area contributed by atoms with E-state index >= 15 is 0 Å². The number of hydrogen-bond acceptors (Lipinski definition) is 5. The highest BCUT2D eigenvalue weighted by atomic mass is 35.5. The Balaban J connectivity index is 2.05. The third kappa shape index (κ3) is 2.80. The maximum atomic E-state index is 5.75. The molecule has 0 aliphatic carbocycles. The Morgan fingerprint density at radius 1 is 1.25 bits per heavy atom. The maximum Gasteiger partial charge on any atom is 0.223 e. The van der Waals surface area contributed by atoms with Crippen LogP contribution in [-0.4, -0.2) is 15.0 Å². The van der Waals surface area contributed by atoms with Crippen molar-refractivity contribution in [1.29, 1.82) is 0 Å². The number of nitrogens with one attached hydrogen (secondary N) is 1. The van der Waals surface area contributed by atoms with Crippen molar-refractivity contribution in [2.24, 2.45) is 0 Å². The van der Waals surface area contributed by atoms with Crippen molar-refractivity contribution in [3.63, 3.8) is 0 Å². The van der Waals surface area contributed by atoms with Crippen LogP contribution in [0, 0.1) is 0 Å². The summed E-state index contributed by atoms with van der Waals surface area (Å²) in [5.41, 5.74) is 6.57. The lowest BCUT2D eigenvalue weighted by Gasteiger charge is -2.05. The van der Waals surface area contributed by atoms with Gasteiger partial charge in [0.2, 0.25) is 5.95 Å². The summed E-state index contributed by atoms with van der Waals surface area (Å²) >= 11 is 5.75. The van der Waals surface area contributed by atoms with Crippen LogP contribution in [0.1, 0.15) is 5.56 Å². The molecule has 0 bridgehead atoms. The molecule has 0 spiro atoms. The number of anilines is 2. The van der Waals surface area contributed by atoms with Crippen LogP contribution in [-0.2, 0) is 6.54 Å². The maximum absolute atomic E-state index is 5.75. The van der Waals surface area contributed by atoms with E-state index in [-0.39, 0.29) is 5.95 Å². The SMILES string of the molecule is Nc1nc(Cl)cc(NCc2ccncc2)n1. The molecular weight excluding hydrogens is 226 g/mol. The van der Waals surface area contributed by atoms with Crippen LogP contribution >= 0.6 is 11.6 Å². The number of aromatic nitrogens is 3. The Labute approximate surface area is 97.7 Å². The second kappa shape index (κ2) is 4.76. The van der Waals surface area contributed by atoms with Crippen LogP contribution in [0.15, 0.2) is 30.6 Å². The molecule has 0 aliphatic heterocycles. The number of halogens is 1. The molecule has 0 atom stereocenters. The first-order valence-electron chi connectivity index (χ1n) is 4.67. The summed E-state index contributed by atoms with van der Waals surface area (Å²) in [5, 5.41) is 3.42. The number of nitrogen functional groups attached to an aromatic ring is 1. The number of pyridine rings is 1. The van der Waals surface area contributed by atoms with E-state index in [0.717, 1.165) is 5.56 Å². The van der Waals surface area contributed by atoms with Crippen LogP contribution < -0.4 is 11.1 Å². The third-order valence-electron chi connectivity index (χ3n) is 1.94. The molecular formula is C10H10ClN5. The lowest BCUT2D eigenvalue weighted by molar-refractivity contribution is 1.08. The van der Waals surface area contributed by atoms with Crippen molar-refractivity contribution in [3.05, 3.63) is 41.3 Å². The van der Waals surface area contributed by atoms with Gasteiger partial charge in [-0.3, -0.25) is 4.98 Å². The molecule has 0 saturated heterocycles. The highest BCUT2D eigenvalue weighted by Crippen LogP contribution is 2.13. The molecule has 16 heavy (non-hydrogen) atoms. The fourth-order valence-electron chi connectivity index (χ4n) is 1.22. The van der Waals surface area contributed by atoms with Crippen LogP contribution in [0.5, 0.6) is 0 Å². The Morgan fingerprint density at radius 3 is 2.69 bits per heavy atom. The molecule has 0 amide bonds. The van der Waals surface area contributed by atoms with E-state index in [9.17, 15) is 0 Å². The summed E-state index contributed by atoms with van der Waals surface area (Å²) in [6.07, 6.45) is 3.47. The first-order valence-corrected chi connectivity index (χ1v) is 5.04. The quantitative estimate of drug-likeness (QED) is 0.793. The minimum absolute atomic E-state index is 0.157. The first kappa shape index (κ1) is 10.6. The molecule has 0 fully saturated rings. The zero-order valence-electron chi connectivity index (χ0n) is 8.39. The Hall–Kier alpha value is -1.88. The molecule has 0 unspecified atom stereocenters. The zero-order chi connectivity index (χ0) is 11.4. The Kier molecular flexibility index (Phi) is 3.16. The molecule has 2 rings (SSSR count). The van der Waals surface area contributed by atoms with Crippen molar-refractivity contribution >= 4 is 23.4 Å². The van der Waals surface area contributed by atoms with Gasteiger partial charge in [0.05, 0.1) is 0 Å². The van der Waals surface area contributed by atoms with Crippen molar-refractivity contribution in [3.8, 4) is 0 Å². The van der Waals surface area contributed by atoms with Crippen LogP contribution in [0.3, 0.4) is 0 Å². The summed E-state index contributed by atoms with van der Waals surface area (Å²) in [4.78, 5) is 11.7. The number of nitrogens with two attached hydrogens (primary N) is 1. The number of hydrogen-bond donors (Lipinski definition) is 2. The van der Waals surface area contributed by atoms with Crippen LogP contribution in [0.4, 0.5) is 11.8 Å². The fraction of sp³-hybridized carbons (Fsp3) is 0.100. The number of nitrogens with zero attached hydrogens (tertiary/aromatic N) is 3. The van der Waals surface area contributed by atoms with Crippen molar-refractivity contribution in [2.75, 3.05) is 11.1 Å². The highest BCUT2D eigenvalue weighted by molar-refractivity contribution is 6.29. The van der Waals surface area contributed by atoms with E-state index < -0.39 is 0 Å². The van der Waals surface area contributed by atoms with E-state index in [1.165, 1.54) is 0 Å². The average molecular weight is 236 g/mol. The van der Waals surface area contributed by atoms with Gasteiger partial charge in [0, 0.05) is 25.0 Å². The van der Waals surface area contributed by atoms with Gasteiger partial charge in [-0.15, -0.1) is 0 Å². The predicted octanol–water partition coefficient (Wildman–Crippen LogP) is 1.72. The van der Waals surface area contributed by atoms with Gasteiger partial charge < -0.3 is 11.1 Å². The molecule has 5 nitrogen and oxygen atoms in total. The van der Waals surface area contributed by atoms with Gasteiger partial charge in [-0.1, -0.05) is 11.6 Å². The molecule has 0 aliphatic rings. The zero-order valence-corrected chi connectivity index (χ0v) is 9.15.